The Labute approximate surface area is 105 Å². The second kappa shape index (κ2) is 9.89. The lowest BCUT2D eigenvalue weighted by atomic mass is 10.1. The lowest BCUT2D eigenvalue weighted by Crippen LogP contribution is -1.84. The number of hydrogen-bond donors (Lipinski definition) is 0. The van der Waals surface area contributed by atoms with Crippen LogP contribution in [0, 0.1) is 0 Å². The van der Waals surface area contributed by atoms with Gasteiger partial charge in [0.2, 0.25) is 0 Å². The van der Waals surface area contributed by atoms with Gasteiger partial charge in [0.25, 0.3) is 0 Å². The van der Waals surface area contributed by atoms with Gasteiger partial charge in [-0.2, -0.15) is 11.3 Å². The number of hydrogen-bond acceptors (Lipinski definition) is 1. The highest BCUT2D eigenvalue weighted by atomic mass is 32.1. The van der Waals surface area contributed by atoms with Crippen molar-refractivity contribution in [1.82, 2.24) is 0 Å². The van der Waals surface area contributed by atoms with Gasteiger partial charge in [-0.05, 0) is 35.2 Å². The Morgan fingerprint density at radius 3 is 2.06 bits per heavy atom. The zero-order valence-corrected chi connectivity index (χ0v) is 11.5. The summed E-state index contributed by atoms with van der Waals surface area (Å²) in [6.07, 6.45) is 14.1. The standard InChI is InChI=1S/C15H26S/c1-2-3-4-5-6-7-8-9-10-11-15-12-13-16-14-15/h12-14H,2-11H2,1H3. The fourth-order valence-electron chi connectivity index (χ4n) is 2.07. The van der Waals surface area contributed by atoms with Gasteiger partial charge in [-0.25, -0.2) is 0 Å². The van der Waals surface area contributed by atoms with Gasteiger partial charge in [-0.15, -0.1) is 0 Å². The van der Waals surface area contributed by atoms with E-state index in [4.69, 9.17) is 0 Å². The van der Waals surface area contributed by atoms with Crippen LogP contribution < -0.4 is 0 Å². The number of unbranched alkanes of at least 4 members (excludes halogenated alkanes) is 8. The third-order valence-corrected chi connectivity index (χ3v) is 3.88. The molecule has 1 rings (SSSR count). The van der Waals surface area contributed by atoms with E-state index in [1.165, 1.54) is 69.8 Å². The molecule has 0 radical (unpaired) electrons. The summed E-state index contributed by atoms with van der Waals surface area (Å²) in [5.41, 5.74) is 1.54. The summed E-state index contributed by atoms with van der Waals surface area (Å²) in [5, 5.41) is 4.47. The summed E-state index contributed by atoms with van der Waals surface area (Å²) in [4.78, 5) is 0. The molecule has 0 nitrogen and oxygen atoms in total. The Kier molecular flexibility index (Phi) is 8.51. The monoisotopic (exact) mass is 238 g/mol. The number of thiophene rings is 1. The largest absolute Gasteiger partial charge is 0.152 e. The molecule has 0 atom stereocenters. The molecule has 0 spiro atoms. The molecule has 16 heavy (non-hydrogen) atoms. The molecule has 0 fully saturated rings. The maximum Gasteiger partial charge on any atom is -0.00613 e. The highest BCUT2D eigenvalue weighted by Crippen LogP contribution is 2.13. The van der Waals surface area contributed by atoms with Crippen molar-refractivity contribution in [1.29, 1.82) is 0 Å². The van der Waals surface area contributed by atoms with Crippen molar-refractivity contribution in [2.45, 2.75) is 71.1 Å². The molecule has 0 unspecified atom stereocenters. The Morgan fingerprint density at radius 2 is 1.50 bits per heavy atom. The highest BCUT2D eigenvalue weighted by molar-refractivity contribution is 7.07. The van der Waals surface area contributed by atoms with Gasteiger partial charge < -0.3 is 0 Å². The molecule has 1 heteroatoms. The van der Waals surface area contributed by atoms with Gasteiger partial charge in [0.05, 0.1) is 0 Å². The molecule has 0 N–H and O–H groups in total. The van der Waals surface area contributed by atoms with Crippen molar-refractivity contribution in [2.24, 2.45) is 0 Å². The Balaban J connectivity index is 1.78. The smallest absolute Gasteiger partial charge is 0.00613 e. The van der Waals surface area contributed by atoms with Gasteiger partial charge in [-0.1, -0.05) is 58.3 Å². The lowest BCUT2D eigenvalue weighted by Gasteiger charge is -2.01. The Bertz CT molecular complexity index is 226. The maximum atomic E-state index is 2.28. The first-order valence-electron chi connectivity index (χ1n) is 6.94. The molecule has 0 aliphatic carbocycles. The summed E-state index contributed by atoms with van der Waals surface area (Å²) >= 11 is 1.82. The number of rotatable bonds is 10. The van der Waals surface area contributed by atoms with E-state index >= 15 is 0 Å². The second-order valence-electron chi connectivity index (χ2n) is 4.71. The van der Waals surface area contributed by atoms with E-state index in [1.807, 2.05) is 11.3 Å². The third-order valence-electron chi connectivity index (χ3n) is 3.15. The van der Waals surface area contributed by atoms with Crippen LogP contribution in [0.3, 0.4) is 0 Å². The van der Waals surface area contributed by atoms with Gasteiger partial charge >= 0.3 is 0 Å². The first-order chi connectivity index (χ1) is 7.93. The summed E-state index contributed by atoms with van der Waals surface area (Å²) in [7, 11) is 0. The zero-order valence-electron chi connectivity index (χ0n) is 10.7. The fraction of sp³-hybridized carbons (Fsp3) is 0.733. The van der Waals surface area contributed by atoms with Gasteiger partial charge in [-0.3, -0.25) is 0 Å². The quantitative estimate of drug-likeness (QED) is 0.450. The third kappa shape index (κ3) is 7.05. The first kappa shape index (κ1) is 13.8. The number of aryl methyl sites for hydroxylation is 1. The van der Waals surface area contributed by atoms with E-state index < -0.39 is 0 Å². The molecule has 1 aromatic rings. The van der Waals surface area contributed by atoms with Crippen LogP contribution in [0.4, 0.5) is 0 Å². The van der Waals surface area contributed by atoms with Crippen LogP contribution in [-0.4, -0.2) is 0 Å². The first-order valence-corrected chi connectivity index (χ1v) is 7.89. The van der Waals surface area contributed by atoms with E-state index in [-0.39, 0.29) is 0 Å². The van der Waals surface area contributed by atoms with Crippen LogP contribution in [0.2, 0.25) is 0 Å². The molecule has 0 aromatic carbocycles. The minimum atomic E-state index is 1.29. The minimum Gasteiger partial charge on any atom is -0.152 e. The van der Waals surface area contributed by atoms with Crippen LogP contribution in [0.1, 0.15) is 70.3 Å². The fourth-order valence-corrected chi connectivity index (χ4v) is 2.78. The van der Waals surface area contributed by atoms with Crippen molar-refractivity contribution < 1.29 is 0 Å². The normalized spacial score (nSPS) is 10.8. The highest BCUT2D eigenvalue weighted by Gasteiger charge is 1.94. The predicted octanol–water partition coefficient (Wildman–Crippen LogP) is 5.82. The molecule has 0 aliphatic rings. The average Bonchev–Trinajstić information content (AvgIpc) is 2.80. The Hall–Kier alpha value is -0.300. The maximum absolute atomic E-state index is 2.28. The molecule has 92 valence electrons. The summed E-state index contributed by atoms with van der Waals surface area (Å²) < 4.78 is 0. The minimum absolute atomic E-state index is 1.29. The second-order valence-corrected chi connectivity index (χ2v) is 5.49. The summed E-state index contributed by atoms with van der Waals surface area (Å²) in [6, 6.07) is 2.26. The van der Waals surface area contributed by atoms with Crippen LogP contribution in [0.25, 0.3) is 0 Å². The molecule has 0 saturated heterocycles. The van der Waals surface area contributed by atoms with Crippen molar-refractivity contribution in [3.63, 3.8) is 0 Å². The van der Waals surface area contributed by atoms with E-state index in [9.17, 15) is 0 Å². The van der Waals surface area contributed by atoms with Crippen LogP contribution >= 0.6 is 11.3 Å². The molecule has 0 aliphatic heterocycles. The molecular formula is C15H26S. The van der Waals surface area contributed by atoms with E-state index in [0.717, 1.165) is 0 Å². The summed E-state index contributed by atoms with van der Waals surface area (Å²) in [5.74, 6) is 0. The van der Waals surface area contributed by atoms with Gasteiger partial charge in [0.1, 0.15) is 0 Å². The van der Waals surface area contributed by atoms with Crippen molar-refractivity contribution in [3.05, 3.63) is 22.4 Å². The molecule has 1 heterocycles. The molecule has 0 amide bonds. The van der Waals surface area contributed by atoms with Gasteiger partial charge in [0, 0.05) is 0 Å². The molecule has 1 aromatic heterocycles. The van der Waals surface area contributed by atoms with E-state index in [1.54, 1.807) is 0 Å². The van der Waals surface area contributed by atoms with Gasteiger partial charge in [0.15, 0.2) is 0 Å². The molecule has 0 saturated carbocycles. The zero-order chi connectivity index (χ0) is 11.5. The SMILES string of the molecule is CCCCCCCCCCCc1ccsc1. The van der Waals surface area contributed by atoms with Crippen LogP contribution in [0.5, 0.6) is 0 Å². The van der Waals surface area contributed by atoms with Crippen LogP contribution in [0.15, 0.2) is 16.8 Å². The lowest BCUT2D eigenvalue weighted by molar-refractivity contribution is 0.565. The van der Waals surface area contributed by atoms with Crippen LogP contribution in [-0.2, 0) is 6.42 Å². The summed E-state index contributed by atoms with van der Waals surface area (Å²) in [6.45, 7) is 2.28. The van der Waals surface area contributed by atoms with Crippen molar-refractivity contribution >= 4 is 11.3 Å². The average molecular weight is 238 g/mol. The molecular weight excluding hydrogens is 212 g/mol. The van der Waals surface area contributed by atoms with Crippen molar-refractivity contribution in [3.8, 4) is 0 Å². The topological polar surface area (TPSA) is 0 Å². The van der Waals surface area contributed by atoms with E-state index in [2.05, 4.69) is 23.8 Å². The Morgan fingerprint density at radius 1 is 0.875 bits per heavy atom. The van der Waals surface area contributed by atoms with Crippen molar-refractivity contribution in [2.75, 3.05) is 0 Å². The molecule has 0 bridgehead atoms. The predicted molar refractivity (Wildman–Crippen MR) is 75.3 cm³/mol. The van der Waals surface area contributed by atoms with E-state index in [0.29, 0.717) is 0 Å².